The van der Waals surface area contributed by atoms with Gasteiger partial charge in [-0.15, -0.1) is 11.8 Å². The molecular weight excluding hydrogens is 238 g/mol. The zero-order valence-electron chi connectivity index (χ0n) is 11.1. The third-order valence-electron chi connectivity index (χ3n) is 1.97. The average Bonchev–Trinajstić information content (AvgIpc) is 2.14. The third kappa shape index (κ3) is 9.03. The van der Waals surface area contributed by atoms with Gasteiger partial charge in [0.25, 0.3) is 0 Å². The molecule has 0 aromatic carbocycles. The van der Waals surface area contributed by atoms with Crippen LogP contribution in [0.1, 0.15) is 27.7 Å². The maximum absolute atomic E-state index is 11.9. The average molecular weight is 261 g/mol. The second-order valence-corrected chi connectivity index (χ2v) is 5.96. The Balaban J connectivity index is 4.17. The van der Waals surface area contributed by atoms with Gasteiger partial charge in [-0.1, -0.05) is 27.7 Å². The molecule has 100 valence electrons. The number of hydrogen-bond acceptors (Lipinski definition) is 3. The summed E-state index contributed by atoms with van der Waals surface area (Å²) in [5.74, 6) is 0.277. The molecule has 0 saturated carbocycles. The largest absolute Gasteiger partial charge is 0.481 e. The lowest BCUT2D eigenvalue weighted by molar-refractivity contribution is -0.133. The van der Waals surface area contributed by atoms with Crippen LogP contribution in [0.4, 0.5) is 0 Å². The summed E-state index contributed by atoms with van der Waals surface area (Å²) in [5, 5.41) is 8.51. The van der Waals surface area contributed by atoms with Crippen LogP contribution in [0.3, 0.4) is 0 Å². The van der Waals surface area contributed by atoms with E-state index in [0.717, 1.165) is 24.9 Å². The fourth-order valence-corrected chi connectivity index (χ4v) is 2.11. The normalized spacial score (nSPS) is 10.9. The maximum atomic E-state index is 11.9. The minimum absolute atomic E-state index is 0.0110. The minimum Gasteiger partial charge on any atom is -0.481 e. The summed E-state index contributed by atoms with van der Waals surface area (Å²) in [7, 11) is 0. The number of thioether (sulfide) groups is 1. The minimum atomic E-state index is -0.873. The SMILES string of the molecule is CC(C)CN(CC(C)C)C(=O)CSCC(=O)O. The van der Waals surface area contributed by atoms with E-state index >= 15 is 0 Å². The van der Waals surface area contributed by atoms with Crippen molar-refractivity contribution in [3.63, 3.8) is 0 Å². The van der Waals surface area contributed by atoms with Crippen LogP contribution in [0.5, 0.6) is 0 Å². The molecule has 0 saturated heterocycles. The maximum Gasteiger partial charge on any atom is 0.313 e. The second-order valence-electron chi connectivity index (χ2n) is 4.97. The lowest BCUT2D eigenvalue weighted by atomic mass is 10.1. The van der Waals surface area contributed by atoms with Crippen molar-refractivity contribution >= 4 is 23.6 Å². The highest BCUT2D eigenvalue weighted by Gasteiger charge is 2.16. The van der Waals surface area contributed by atoms with Crippen LogP contribution in [-0.2, 0) is 9.59 Å². The summed E-state index contributed by atoms with van der Waals surface area (Å²) < 4.78 is 0. The van der Waals surface area contributed by atoms with E-state index in [4.69, 9.17) is 5.11 Å². The summed E-state index contributed by atoms with van der Waals surface area (Å²) in [6, 6.07) is 0. The Hall–Kier alpha value is -0.710. The van der Waals surface area contributed by atoms with Crippen molar-refractivity contribution in [3.8, 4) is 0 Å². The van der Waals surface area contributed by atoms with Crippen molar-refractivity contribution < 1.29 is 14.7 Å². The molecule has 5 heteroatoms. The van der Waals surface area contributed by atoms with Crippen molar-refractivity contribution in [1.82, 2.24) is 4.90 Å². The molecule has 0 aromatic heterocycles. The Bertz CT molecular complexity index is 244. The van der Waals surface area contributed by atoms with Crippen LogP contribution >= 0.6 is 11.8 Å². The lowest BCUT2D eigenvalue weighted by Crippen LogP contribution is -2.38. The molecule has 0 fully saturated rings. The van der Waals surface area contributed by atoms with Gasteiger partial charge in [0.05, 0.1) is 11.5 Å². The zero-order valence-corrected chi connectivity index (χ0v) is 11.9. The first-order chi connectivity index (χ1) is 7.82. The molecule has 0 aromatic rings. The van der Waals surface area contributed by atoms with Crippen LogP contribution in [0.15, 0.2) is 0 Å². The Kier molecular flexibility index (Phi) is 8.04. The van der Waals surface area contributed by atoms with E-state index in [9.17, 15) is 9.59 Å². The molecular formula is C12H23NO3S. The molecule has 17 heavy (non-hydrogen) atoms. The van der Waals surface area contributed by atoms with Crippen molar-refractivity contribution in [1.29, 1.82) is 0 Å². The van der Waals surface area contributed by atoms with Gasteiger partial charge in [-0.05, 0) is 11.8 Å². The van der Waals surface area contributed by atoms with Crippen molar-refractivity contribution in [2.75, 3.05) is 24.6 Å². The van der Waals surface area contributed by atoms with E-state index < -0.39 is 5.97 Å². The highest BCUT2D eigenvalue weighted by Crippen LogP contribution is 2.08. The molecule has 0 aliphatic rings. The summed E-state index contributed by atoms with van der Waals surface area (Å²) in [6.45, 7) is 9.78. The smallest absolute Gasteiger partial charge is 0.313 e. The van der Waals surface area contributed by atoms with E-state index in [1.54, 1.807) is 0 Å². The summed E-state index contributed by atoms with van der Waals surface area (Å²) in [5.41, 5.74) is 0. The van der Waals surface area contributed by atoms with Gasteiger partial charge in [-0.2, -0.15) is 0 Å². The number of nitrogens with zero attached hydrogens (tertiary/aromatic N) is 1. The number of carbonyl (C=O) groups is 2. The molecule has 1 amide bonds. The van der Waals surface area contributed by atoms with Gasteiger partial charge >= 0.3 is 5.97 Å². The molecule has 0 unspecified atom stereocenters. The fourth-order valence-electron chi connectivity index (χ4n) is 1.48. The van der Waals surface area contributed by atoms with E-state index in [1.165, 1.54) is 0 Å². The molecule has 0 bridgehead atoms. The van der Waals surface area contributed by atoms with Crippen LogP contribution in [0, 0.1) is 11.8 Å². The van der Waals surface area contributed by atoms with Gasteiger partial charge in [0.1, 0.15) is 0 Å². The monoisotopic (exact) mass is 261 g/mol. The second kappa shape index (κ2) is 8.39. The number of hydrogen-bond donors (Lipinski definition) is 1. The number of amides is 1. The van der Waals surface area contributed by atoms with Crippen molar-refractivity contribution in [2.24, 2.45) is 11.8 Å². The number of carboxylic acid groups (broad SMARTS) is 1. The van der Waals surface area contributed by atoms with E-state index in [2.05, 4.69) is 27.7 Å². The molecule has 0 radical (unpaired) electrons. The predicted molar refractivity (Wildman–Crippen MR) is 71.2 cm³/mol. The molecule has 0 aliphatic heterocycles. The van der Waals surface area contributed by atoms with Gasteiger partial charge in [-0.25, -0.2) is 0 Å². The summed E-state index contributed by atoms with van der Waals surface area (Å²) >= 11 is 1.16. The molecule has 0 spiro atoms. The molecule has 1 N–H and O–H groups in total. The van der Waals surface area contributed by atoms with Crippen LogP contribution in [-0.4, -0.2) is 46.5 Å². The standard InChI is InChI=1S/C12H23NO3S/c1-9(2)5-13(6-10(3)4)11(14)7-17-8-12(15)16/h9-10H,5-8H2,1-4H3,(H,15,16). The molecule has 0 aliphatic carbocycles. The number of carbonyl (C=O) groups excluding carboxylic acids is 1. The van der Waals surface area contributed by atoms with E-state index in [1.807, 2.05) is 4.90 Å². The summed E-state index contributed by atoms with van der Waals surface area (Å²) in [4.78, 5) is 24.1. The Labute approximate surface area is 108 Å². The first-order valence-electron chi connectivity index (χ1n) is 5.90. The predicted octanol–water partition coefficient (Wildman–Crippen LogP) is 1.94. The van der Waals surface area contributed by atoms with Gasteiger partial charge in [0, 0.05) is 13.1 Å². The Morgan fingerprint density at radius 1 is 1.06 bits per heavy atom. The molecule has 0 rings (SSSR count). The first kappa shape index (κ1) is 16.3. The Morgan fingerprint density at radius 3 is 1.88 bits per heavy atom. The van der Waals surface area contributed by atoms with Gasteiger partial charge in [0.15, 0.2) is 0 Å². The zero-order chi connectivity index (χ0) is 13.4. The highest BCUT2D eigenvalue weighted by atomic mass is 32.2. The quantitative estimate of drug-likeness (QED) is 0.725. The number of aliphatic carboxylic acids is 1. The lowest BCUT2D eigenvalue weighted by Gasteiger charge is -2.26. The highest BCUT2D eigenvalue weighted by molar-refractivity contribution is 8.00. The first-order valence-corrected chi connectivity index (χ1v) is 7.05. The summed E-state index contributed by atoms with van der Waals surface area (Å²) in [6.07, 6.45) is 0. The number of rotatable bonds is 8. The number of carboxylic acids is 1. The molecule has 4 nitrogen and oxygen atoms in total. The van der Waals surface area contributed by atoms with E-state index in [-0.39, 0.29) is 17.4 Å². The van der Waals surface area contributed by atoms with E-state index in [0.29, 0.717) is 11.8 Å². The van der Waals surface area contributed by atoms with Crippen LogP contribution in [0.25, 0.3) is 0 Å². The van der Waals surface area contributed by atoms with Crippen LogP contribution in [0.2, 0.25) is 0 Å². The fraction of sp³-hybridized carbons (Fsp3) is 0.833. The van der Waals surface area contributed by atoms with Crippen LogP contribution < -0.4 is 0 Å². The molecule has 0 atom stereocenters. The van der Waals surface area contributed by atoms with Crippen molar-refractivity contribution in [3.05, 3.63) is 0 Å². The van der Waals surface area contributed by atoms with Crippen molar-refractivity contribution in [2.45, 2.75) is 27.7 Å². The Morgan fingerprint density at radius 2 is 1.53 bits per heavy atom. The third-order valence-corrected chi connectivity index (χ3v) is 2.88. The molecule has 0 heterocycles. The van der Waals surface area contributed by atoms with Gasteiger partial charge < -0.3 is 10.0 Å². The van der Waals surface area contributed by atoms with Gasteiger partial charge in [-0.3, -0.25) is 9.59 Å². The van der Waals surface area contributed by atoms with Gasteiger partial charge in [0.2, 0.25) is 5.91 Å². The topological polar surface area (TPSA) is 57.6 Å².